The van der Waals surface area contributed by atoms with Crippen LogP contribution in [0.3, 0.4) is 0 Å². The van der Waals surface area contributed by atoms with Crippen LogP contribution < -0.4 is 5.73 Å². The Balaban J connectivity index is 4.07. The molecule has 0 rings (SSSR count). The van der Waals surface area contributed by atoms with Gasteiger partial charge in [-0.25, -0.2) is 4.57 Å². The molecule has 388 valence electrons. The summed E-state index contributed by atoms with van der Waals surface area (Å²) in [5, 5.41) is 0. The number of hydrogen-bond acceptors (Lipinski definition) is 8. The topological polar surface area (TPSA) is 134 Å². The van der Waals surface area contributed by atoms with Crippen molar-refractivity contribution in [3.8, 4) is 0 Å². The Bertz CT molecular complexity index is 1320. The van der Waals surface area contributed by atoms with Gasteiger partial charge in [0.15, 0.2) is 6.10 Å². The monoisotopic (exact) mass is 960 g/mol. The fourth-order valence-corrected chi connectivity index (χ4v) is 8.24. The van der Waals surface area contributed by atoms with E-state index >= 15 is 0 Å². The maximum atomic E-state index is 12.7. The quantitative estimate of drug-likeness (QED) is 0.0264. The van der Waals surface area contributed by atoms with Crippen molar-refractivity contribution in [2.75, 3.05) is 26.4 Å². The lowest BCUT2D eigenvalue weighted by molar-refractivity contribution is -0.161. The first kappa shape index (κ1) is 64.5. The molecule has 0 amide bonds. The summed E-state index contributed by atoms with van der Waals surface area (Å²) >= 11 is 0. The van der Waals surface area contributed by atoms with Gasteiger partial charge in [-0.05, 0) is 89.9 Å². The first-order chi connectivity index (χ1) is 32.8. The van der Waals surface area contributed by atoms with Crippen LogP contribution >= 0.6 is 7.82 Å². The molecule has 0 aromatic heterocycles. The number of esters is 2. The fourth-order valence-electron chi connectivity index (χ4n) is 7.47. The van der Waals surface area contributed by atoms with Crippen molar-refractivity contribution in [3.05, 3.63) is 72.9 Å². The third kappa shape index (κ3) is 52.7. The van der Waals surface area contributed by atoms with Gasteiger partial charge in [-0.2, -0.15) is 0 Å². The molecular weight excluding hydrogens is 858 g/mol. The third-order valence-corrected chi connectivity index (χ3v) is 12.5. The van der Waals surface area contributed by atoms with Gasteiger partial charge in [0.2, 0.25) is 0 Å². The van der Waals surface area contributed by atoms with Crippen LogP contribution in [0, 0.1) is 0 Å². The normalized spacial score (nSPS) is 13.7. The summed E-state index contributed by atoms with van der Waals surface area (Å²) in [5.74, 6) is -0.843. The van der Waals surface area contributed by atoms with Crippen molar-refractivity contribution in [1.82, 2.24) is 0 Å². The molecule has 0 aliphatic carbocycles. The Morgan fingerprint density at radius 1 is 0.448 bits per heavy atom. The van der Waals surface area contributed by atoms with Crippen LogP contribution in [0.4, 0.5) is 0 Å². The lowest BCUT2D eigenvalue weighted by Crippen LogP contribution is -2.29. The molecule has 0 aliphatic heterocycles. The smallest absolute Gasteiger partial charge is 0.462 e. The zero-order chi connectivity index (χ0) is 48.8. The van der Waals surface area contributed by atoms with Crippen molar-refractivity contribution in [1.29, 1.82) is 0 Å². The van der Waals surface area contributed by atoms with Gasteiger partial charge in [-0.3, -0.25) is 18.6 Å². The van der Waals surface area contributed by atoms with Crippen LogP contribution in [0.5, 0.6) is 0 Å². The molecule has 0 radical (unpaired) electrons. The van der Waals surface area contributed by atoms with Crippen molar-refractivity contribution in [2.45, 2.75) is 251 Å². The van der Waals surface area contributed by atoms with E-state index in [4.69, 9.17) is 24.3 Å². The summed E-state index contributed by atoms with van der Waals surface area (Å²) in [6.07, 6.45) is 66.5. The summed E-state index contributed by atoms with van der Waals surface area (Å²) < 4.78 is 33.0. The maximum absolute atomic E-state index is 12.7. The van der Waals surface area contributed by atoms with Crippen LogP contribution in [0.25, 0.3) is 0 Å². The fraction of sp³-hybridized carbons (Fsp3) is 0.754. The van der Waals surface area contributed by atoms with Gasteiger partial charge in [0.25, 0.3) is 0 Å². The van der Waals surface area contributed by atoms with Gasteiger partial charge in [-0.1, -0.05) is 215 Å². The van der Waals surface area contributed by atoms with Crippen molar-refractivity contribution in [3.63, 3.8) is 0 Å². The summed E-state index contributed by atoms with van der Waals surface area (Å²) in [4.78, 5) is 35.1. The maximum Gasteiger partial charge on any atom is 0.472 e. The Hall–Kier alpha value is -2.55. The number of phosphoric ester groups is 1. The first-order valence-electron chi connectivity index (χ1n) is 27.4. The number of rotatable bonds is 51. The highest BCUT2D eigenvalue weighted by Crippen LogP contribution is 2.43. The average Bonchev–Trinajstić information content (AvgIpc) is 3.32. The Kier molecular flexibility index (Phi) is 50.8. The Labute approximate surface area is 411 Å². The minimum atomic E-state index is -4.39. The van der Waals surface area contributed by atoms with E-state index in [0.717, 1.165) is 83.5 Å². The highest BCUT2D eigenvalue weighted by molar-refractivity contribution is 7.47. The predicted octanol–water partition coefficient (Wildman–Crippen LogP) is 17.0. The number of nitrogens with two attached hydrogens (primary N) is 1. The molecule has 0 heterocycles. The highest BCUT2D eigenvalue weighted by Gasteiger charge is 2.26. The van der Waals surface area contributed by atoms with E-state index in [1.165, 1.54) is 128 Å². The Morgan fingerprint density at radius 2 is 0.776 bits per heavy atom. The predicted molar refractivity (Wildman–Crippen MR) is 284 cm³/mol. The van der Waals surface area contributed by atoms with E-state index in [2.05, 4.69) is 86.8 Å². The van der Waals surface area contributed by atoms with Crippen molar-refractivity contribution in [2.24, 2.45) is 5.73 Å². The average molecular weight is 960 g/mol. The molecular formula is C57H102NO8P. The second-order valence-electron chi connectivity index (χ2n) is 18.1. The molecule has 2 unspecified atom stereocenters. The van der Waals surface area contributed by atoms with E-state index in [1.54, 1.807) is 0 Å². The molecule has 0 saturated carbocycles. The van der Waals surface area contributed by atoms with Crippen LogP contribution in [0.1, 0.15) is 245 Å². The number of phosphoric acid groups is 1. The zero-order valence-corrected chi connectivity index (χ0v) is 44.0. The number of carbonyl (C=O) groups is 2. The minimum absolute atomic E-state index is 0.0478. The number of ether oxygens (including phenoxy) is 2. The molecule has 0 aromatic carbocycles. The lowest BCUT2D eigenvalue weighted by Gasteiger charge is -2.19. The molecule has 9 nitrogen and oxygen atoms in total. The number of unbranched alkanes of at least 4 members (excludes halogenated alkanes) is 26. The standard InChI is InChI=1S/C57H102NO8P/c1-3-5-7-9-11-13-15-17-19-21-23-25-27-29-31-33-35-37-39-41-43-45-47-49-56(59)63-53-55(54-65-67(61,62)64-52-51-58)66-57(60)50-48-46-44-42-40-38-36-34-32-30-28-26-24-22-20-18-16-14-12-10-8-6-4-2/h15-18,21-24,27-30,55H,3-14,19-20,25-26,31-54,58H2,1-2H3,(H,61,62)/b17-15-,18-16-,23-21-,24-22-,29-27-,30-28-. The molecule has 0 spiro atoms. The summed E-state index contributed by atoms with van der Waals surface area (Å²) in [5.41, 5.74) is 5.37. The van der Waals surface area contributed by atoms with Crippen LogP contribution in [-0.4, -0.2) is 49.3 Å². The number of hydrogen-bond donors (Lipinski definition) is 2. The molecule has 0 saturated heterocycles. The Morgan fingerprint density at radius 3 is 1.15 bits per heavy atom. The van der Waals surface area contributed by atoms with Crippen LogP contribution in [0.2, 0.25) is 0 Å². The van der Waals surface area contributed by atoms with E-state index in [-0.39, 0.29) is 32.6 Å². The SMILES string of the molecule is CCCCCCC/C=C\C/C=C\C/C=C\CCCCCCCCCCC(=O)OCC(COP(=O)(O)OCCN)OC(=O)CCCCCCCCCC/C=C\C/C=C\C/C=C\CCCCCCC. The second-order valence-corrected chi connectivity index (χ2v) is 19.5. The van der Waals surface area contributed by atoms with Gasteiger partial charge in [0.05, 0.1) is 13.2 Å². The van der Waals surface area contributed by atoms with Gasteiger partial charge in [-0.15, -0.1) is 0 Å². The minimum Gasteiger partial charge on any atom is -0.462 e. The van der Waals surface area contributed by atoms with E-state index < -0.39 is 32.5 Å². The first-order valence-corrected chi connectivity index (χ1v) is 28.9. The molecule has 0 fully saturated rings. The zero-order valence-electron chi connectivity index (χ0n) is 43.1. The van der Waals surface area contributed by atoms with Crippen LogP contribution in [0.15, 0.2) is 72.9 Å². The molecule has 0 aromatic rings. The van der Waals surface area contributed by atoms with Gasteiger partial charge >= 0.3 is 19.8 Å². The van der Waals surface area contributed by atoms with E-state index in [0.29, 0.717) is 6.42 Å². The number of carbonyl (C=O) groups excluding carboxylic acids is 2. The molecule has 0 bridgehead atoms. The van der Waals surface area contributed by atoms with Crippen LogP contribution in [-0.2, 0) is 32.7 Å². The second kappa shape index (κ2) is 52.8. The van der Waals surface area contributed by atoms with Gasteiger partial charge < -0.3 is 20.1 Å². The molecule has 10 heteroatoms. The molecule has 67 heavy (non-hydrogen) atoms. The van der Waals surface area contributed by atoms with E-state index in [1.807, 2.05) is 0 Å². The van der Waals surface area contributed by atoms with Crippen molar-refractivity contribution >= 4 is 19.8 Å². The van der Waals surface area contributed by atoms with Gasteiger partial charge in [0.1, 0.15) is 6.61 Å². The third-order valence-electron chi connectivity index (χ3n) is 11.6. The largest absolute Gasteiger partial charge is 0.472 e. The molecule has 2 atom stereocenters. The van der Waals surface area contributed by atoms with Crippen molar-refractivity contribution < 1.29 is 37.6 Å². The summed E-state index contributed by atoms with van der Waals surface area (Å²) in [6, 6.07) is 0. The number of allylic oxidation sites excluding steroid dienone is 12. The summed E-state index contributed by atoms with van der Waals surface area (Å²) in [6.45, 7) is 3.71. The summed E-state index contributed by atoms with van der Waals surface area (Å²) in [7, 11) is -4.39. The molecule has 3 N–H and O–H groups in total. The molecule has 0 aliphatic rings. The van der Waals surface area contributed by atoms with Gasteiger partial charge in [0, 0.05) is 19.4 Å². The van der Waals surface area contributed by atoms with E-state index in [9.17, 15) is 19.0 Å². The lowest BCUT2D eigenvalue weighted by atomic mass is 10.1. The highest BCUT2D eigenvalue weighted by atomic mass is 31.2.